The fourth-order valence-corrected chi connectivity index (χ4v) is 3.38. The van der Waals surface area contributed by atoms with Gasteiger partial charge in [-0.25, -0.2) is 4.39 Å². The molecule has 1 saturated carbocycles. The number of nitriles is 1. The van der Waals surface area contributed by atoms with Gasteiger partial charge in [-0.3, -0.25) is 0 Å². The zero-order valence-corrected chi connectivity index (χ0v) is 12.3. The van der Waals surface area contributed by atoms with Crippen molar-refractivity contribution in [3.8, 4) is 6.07 Å². The van der Waals surface area contributed by atoms with Crippen molar-refractivity contribution >= 4 is 11.6 Å². The van der Waals surface area contributed by atoms with Crippen LogP contribution in [-0.4, -0.2) is 5.11 Å². The zero-order valence-electron chi connectivity index (χ0n) is 11.6. The molecule has 1 aromatic carbocycles. The minimum Gasteiger partial charge on any atom is -0.387 e. The summed E-state index contributed by atoms with van der Waals surface area (Å²) in [5, 5.41) is 20.2. The number of nitrogens with zero attached hydrogens (tertiary/aromatic N) is 1. The largest absolute Gasteiger partial charge is 0.387 e. The van der Waals surface area contributed by atoms with Gasteiger partial charge < -0.3 is 5.11 Å². The van der Waals surface area contributed by atoms with Crippen molar-refractivity contribution in [2.75, 3.05) is 0 Å². The summed E-state index contributed by atoms with van der Waals surface area (Å²) in [6, 6.07) is 6.51. The van der Waals surface area contributed by atoms with E-state index in [4.69, 9.17) is 11.6 Å². The second kappa shape index (κ2) is 6.11. The number of rotatable bonds is 3. The van der Waals surface area contributed by atoms with Gasteiger partial charge in [0.15, 0.2) is 0 Å². The van der Waals surface area contributed by atoms with Crippen molar-refractivity contribution in [1.82, 2.24) is 0 Å². The Hall–Kier alpha value is -1.11. The molecular formula is C16H19ClFNO. The quantitative estimate of drug-likeness (QED) is 0.884. The van der Waals surface area contributed by atoms with Crippen LogP contribution in [-0.2, 0) is 0 Å². The average molecular weight is 296 g/mol. The Labute approximate surface area is 124 Å². The lowest BCUT2D eigenvalue weighted by atomic mass is 9.65. The first-order valence-electron chi connectivity index (χ1n) is 7.06. The van der Waals surface area contributed by atoms with E-state index in [1.807, 2.05) is 0 Å². The van der Waals surface area contributed by atoms with Gasteiger partial charge in [0.1, 0.15) is 5.82 Å². The predicted molar refractivity (Wildman–Crippen MR) is 76.7 cm³/mol. The normalized spacial score (nSPS) is 27.9. The molecule has 0 saturated heterocycles. The molecule has 20 heavy (non-hydrogen) atoms. The molecule has 3 atom stereocenters. The molecule has 0 amide bonds. The van der Waals surface area contributed by atoms with E-state index in [9.17, 15) is 14.8 Å². The number of benzene rings is 1. The van der Waals surface area contributed by atoms with Gasteiger partial charge in [-0.15, -0.1) is 0 Å². The van der Waals surface area contributed by atoms with Crippen LogP contribution in [0.5, 0.6) is 0 Å². The van der Waals surface area contributed by atoms with Gasteiger partial charge in [-0.05, 0) is 36.5 Å². The highest BCUT2D eigenvalue weighted by Crippen LogP contribution is 2.48. The summed E-state index contributed by atoms with van der Waals surface area (Å²) in [5.41, 5.74) is -0.255. The highest BCUT2D eigenvalue weighted by Gasteiger charge is 2.43. The van der Waals surface area contributed by atoms with Crippen molar-refractivity contribution in [1.29, 1.82) is 5.26 Å². The zero-order chi connectivity index (χ0) is 14.8. The molecule has 1 aliphatic rings. The number of aliphatic hydroxyl groups is 1. The Morgan fingerprint density at radius 1 is 1.60 bits per heavy atom. The maximum Gasteiger partial charge on any atom is 0.141 e. The van der Waals surface area contributed by atoms with Gasteiger partial charge in [-0.2, -0.15) is 5.26 Å². The summed E-state index contributed by atoms with van der Waals surface area (Å²) in [6.07, 6.45) is 3.52. The number of hydrogen-bond acceptors (Lipinski definition) is 2. The van der Waals surface area contributed by atoms with Crippen LogP contribution < -0.4 is 0 Å². The van der Waals surface area contributed by atoms with Crippen LogP contribution in [0, 0.1) is 28.5 Å². The van der Waals surface area contributed by atoms with Crippen molar-refractivity contribution < 1.29 is 9.50 Å². The van der Waals surface area contributed by atoms with Gasteiger partial charge in [0.25, 0.3) is 0 Å². The maximum absolute atomic E-state index is 13.2. The van der Waals surface area contributed by atoms with Gasteiger partial charge in [0, 0.05) is 0 Å². The van der Waals surface area contributed by atoms with Crippen molar-refractivity contribution in [2.24, 2.45) is 11.3 Å². The van der Waals surface area contributed by atoms with Crippen LogP contribution in [0.15, 0.2) is 18.2 Å². The summed E-state index contributed by atoms with van der Waals surface area (Å²) in [6.45, 7) is 2.11. The third-order valence-electron chi connectivity index (χ3n) is 4.47. The van der Waals surface area contributed by atoms with Gasteiger partial charge in [0.2, 0.25) is 0 Å². The number of aliphatic hydroxyl groups excluding tert-OH is 1. The molecule has 0 radical (unpaired) electrons. The van der Waals surface area contributed by atoms with Crippen molar-refractivity contribution in [3.05, 3.63) is 34.6 Å². The Kier molecular flexibility index (Phi) is 4.67. The van der Waals surface area contributed by atoms with Crippen molar-refractivity contribution in [3.63, 3.8) is 0 Å². The Morgan fingerprint density at radius 2 is 2.35 bits per heavy atom. The van der Waals surface area contributed by atoms with Crippen LogP contribution >= 0.6 is 11.6 Å². The molecule has 0 aliphatic heterocycles. The topological polar surface area (TPSA) is 44.0 Å². The second-order valence-electron chi connectivity index (χ2n) is 5.71. The minimum atomic E-state index is -0.917. The molecule has 4 heteroatoms. The number of halogens is 2. The summed E-state index contributed by atoms with van der Waals surface area (Å²) in [7, 11) is 0. The summed E-state index contributed by atoms with van der Waals surface area (Å²) >= 11 is 5.77. The highest BCUT2D eigenvalue weighted by atomic mass is 35.5. The monoisotopic (exact) mass is 295 g/mol. The number of hydrogen-bond donors (Lipinski definition) is 1. The third-order valence-corrected chi connectivity index (χ3v) is 4.76. The SMILES string of the molecule is CCC1CCCC(C#N)(C(O)c2ccc(F)c(Cl)c2)C1. The molecule has 3 unspecified atom stereocenters. The van der Waals surface area contributed by atoms with E-state index in [0.29, 0.717) is 24.3 Å². The lowest BCUT2D eigenvalue weighted by molar-refractivity contribution is 0.0185. The highest BCUT2D eigenvalue weighted by molar-refractivity contribution is 6.30. The van der Waals surface area contributed by atoms with Crippen LogP contribution in [0.25, 0.3) is 0 Å². The fraction of sp³-hybridized carbons (Fsp3) is 0.562. The lowest BCUT2D eigenvalue weighted by Gasteiger charge is -2.39. The van der Waals surface area contributed by atoms with Gasteiger partial charge in [0.05, 0.1) is 22.6 Å². The summed E-state index contributed by atoms with van der Waals surface area (Å²) in [5.74, 6) is -0.0438. The predicted octanol–water partition coefficient (Wildman–Crippen LogP) is 4.62. The molecule has 108 valence electrons. The smallest absolute Gasteiger partial charge is 0.141 e. The van der Waals surface area contributed by atoms with E-state index in [1.54, 1.807) is 0 Å². The van der Waals surface area contributed by atoms with E-state index in [2.05, 4.69) is 13.0 Å². The first-order chi connectivity index (χ1) is 9.52. The molecule has 2 rings (SSSR count). The molecule has 1 aromatic rings. The van der Waals surface area contributed by atoms with Crippen molar-refractivity contribution in [2.45, 2.75) is 45.1 Å². The van der Waals surface area contributed by atoms with E-state index in [1.165, 1.54) is 18.2 Å². The average Bonchev–Trinajstić information content (AvgIpc) is 2.49. The molecule has 1 fully saturated rings. The third kappa shape index (κ3) is 2.82. The molecule has 1 N–H and O–H groups in total. The van der Waals surface area contributed by atoms with E-state index >= 15 is 0 Å². The molecule has 0 heterocycles. The second-order valence-corrected chi connectivity index (χ2v) is 6.12. The molecule has 0 aromatic heterocycles. The van der Waals surface area contributed by atoms with Gasteiger partial charge in [-0.1, -0.05) is 43.9 Å². The standard InChI is InChI=1S/C16H19ClFNO/c1-2-11-4-3-7-16(9-11,10-19)15(20)12-5-6-14(18)13(17)8-12/h5-6,8,11,15,20H,2-4,7,9H2,1H3. The van der Waals surface area contributed by atoms with E-state index in [-0.39, 0.29) is 5.02 Å². The minimum absolute atomic E-state index is 0.0162. The Balaban J connectivity index is 2.30. The molecule has 0 bridgehead atoms. The molecule has 0 spiro atoms. The lowest BCUT2D eigenvalue weighted by Crippen LogP contribution is -2.33. The fourth-order valence-electron chi connectivity index (χ4n) is 3.19. The Bertz CT molecular complexity index is 528. The van der Waals surface area contributed by atoms with E-state index in [0.717, 1.165) is 19.3 Å². The molecule has 1 aliphatic carbocycles. The van der Waals surface area contributed by atoms with Crippen LogP contribution in [0.2, 0.25) is 5.02 Å². The maximum atomic E-state index is 13.2. The first-order valence-corrected chi connectivity index (χ1v) is 7.44. The van der Waals surface area contributed by atoms with Crippen LogP contribution in [0.1, 0.15) is 50.7 Å². The van der Waals surface area contributed by atoms with Crippen LogP contribution in [0.3, 0.4) is 0 Å². The Morgan fingerprint density at radius 3 is 2.95 bits per heavy atom. The van der Waals surface area contributed by atoms with Crippen LogP contribution in [0.4, 0.5) is 4.39 Å². The summed E-state index contributed by atoms with van der Waals surface area (Å²) in [4.78, 5) is 0. The summed E-state index contributed by atoms with van der Waals surface area (Å²) < 4.78 is 13.2. The molecular weight excluding hydrogens is 277 g/mol. The molecule has 2 nitrogen and oxygen atoms in total. The van der Waals surface area contributed by atoms with Gasteiger partial charge >= 0.3 is 0 Å². The van der Waals surface area contributed by atoms with E-state index < -0.39 is 17.3 Å². The first kappa shape index (κ1) is 15.3.